The Hall–Kier alpha value is -1.09. The number of hydrogen-bond donors (Lipinski definition) is 0. The number of benzene rings is 1. The summed E-state index contributed by atoms with van der Waals surface area (Å²) in [5.41, 5.74) is 1.01. The summed E-state index contributed by atoms with van der Waals surface area (Å²) in [6.07, 6.45) is 3.80. The molecule has 0 amide bonds. The number of rotatable bonds is 6. The summed E-state index contributed by atoms with van der Waals surface area (Å²) in [5, 5.41) is 1.44. The smallest absolute Gasteiger partial charge is 0.199 e. The minimum atomic E-state index is -3.26. The molecule has 17 heavy (non-hydrogen) atoms. The Labute approximate surface area is 104 Å². The highest BCUT2D eigenvalue weighted by atomic mass is 32.2. The van der Waals surface area contributed by atoms with Crippen LogP contribution < -0.4 is 0 Å². The van der Waals surface area contributed by atoms with Crippen LogP contribution in [0.25, 0.3) is 0 Å². The quantitative estimate of drug-likeness (QED) is 0.768. The largest absolute Gasteiger partial charge is 0.219 e. The van der Waals surface area contributed by atoms with Crippen molar-refractivity contribution in [1.82, 2.24) is 0 Å². The summed E-state index contributed by atoms with van der Waals surface area (Å²) in [5.74, 6) is 0. The average Bonchev–Trinajstić information content (AvgIpc) is 2.35. The third-order valence-electron chi connectivity index (χ3n) is 2.70. The summed E-state index contributed by atoms with van der Waals surface area (Å²) in [7, 11) is -3.26. The van der Waals surface area contributed by atoms with Crippen LogP contribution in [0.4, 0.5) is 0 Å². The molecule has 0 saturated carbocycles. The van der Waals surface area contributed by atoms with Gasteiger partial charge in [-0.3, -0.25) is 0 Å². The Kier molecular flexibility index (Phi) is 5.42. The van der Waals surface area contributed by atoms with Crippen LogP contribution in [-0.4, -0.2) is 8.42 Å². The maximum absolute atomic E-state index is 12.1. The van der Waals surface area contributed by atoms with Gasteiger partial charge in [0.25, 0.3) is 0 Å². The van der Waals surface area contributed by atoms with E-state index in [1.54, 1.807) is 24.3 Å². The summed E-state index contributed by atoms with van der Waals surface area (Å²) in [6.45, 7) is 4.11. The molecular weight excluding hydrogens is 232 g/mol. The molecule has 1 rings (SSSR count). The van der Waals surface area contributed by atoms with E-state index in [1.807, 2.05) is 13.0 Å². The lowest BCUT2D eigenvalue weighted by atomic mass is 10.1. The topological polar surface area (TPSA) is 34.1 Å². The molecular formula is C14H20O2S. The maximum atomic E-state index is 12.1. The van der Waals surface area contributed by atoms with E-state index in [0.29, 0.717) is 4.90 Å². The van der Waals surface area contributed by atoms with Crippen LogP contribution in [0.5, 0.6) is 0 Å². The van der Waals surface area contributed by atoms with E-state index in [4.69, 9.17) is 0 Å². The van der Waals surface area contributed by atoms with Gasteiger partial charge in [0.1, 0.15) is 0 Å². The predicted molar refractivity (Wildman–Crippen MR) is 71.5 cm³/mol. The van der Waals surface area contributed by atoms with E-state index >= 15 is 0 Å². The molecule has 0 atom stereocenters. The zero-order valence-corrected chi connectivity index (χ0v) is 11.3. The van der Waals surface area contributed by atoms with E-state index < -0.39 is 9.84 Å². The molecule has 0 heterocycles. The van der Waals surface area contributed by atoms with Gasteiger partial charge in [-0.05, 0) is 31.4 Å². The molecule has 1 aromatic rings. The van der Waals surface area contributed by atoms with E-state index in [0.717, 1.165) is 31.3 Å². The maximum Gasteiger partial charge on any atom is 0.199 e. The van der Waals surface area contributed by atoms with Crippen LogP contribution in [0.15, 0.2) is 46.2 Å². The summed E-state index contributed by atoms with van der Waals surface area (Å²) < 4.78 is 24.2. The van der Waals surface area contributed by atoms with Crippen LogP contribution in [0.3, 0.4) is 0 Å². The van der Waals surface area contributed by atoms with Gasteiger partial charge < -0.3 is 0 Å². The van der Waals surface area contributed by atoms with Crippen LogP contribution in [0.1, 0.15) is 39.5 Å². The van der Waals surface area contributed by atoms with Crippen LogP contribution in [0, 0.1) is 0 Å². The second kappa shape index (κ2) is 6.60. The minimum absolute atomic E-state index is 0.377. The van der Waals surface area contributed by atoms with E-state index in [9.17, 15) is 8.42 Å². The number of sulfone groups is 1. The molecule has 0 aromatic heterocycles. The van der Waals surface area contributed by atoms with Crippen molar-refractivity contribution in [3.05, 3.63) is 41.3 Å². The van der Waals surface area contributed by atoms with Gasteiger partial charge in [0.2, 0.25) is 0 Å². The normalized spacial score (nSPS) is 12.7. The van der Waals surface area contributed by atoms with Crippen LogP contribution in [0.2, 0.25) is 0 Å². The second-order valence-corrected chi connectivity index (χ2v) is 5.89. The molecule has 1 aromatic carbocycles. The van der Waals surface area contributed by atoms with Gasteiger partial charge in [-0.25, -0.2) is 8.42 Å². The van der Waals surface area contributed by atoms with Gasteiger partial charge in [0, 0.05) is 5.41 Å². The van der Waals surface area contributed by atoms with Crippen molar-refractivity contribution in [2.24, 2.45) is 0 Å². The lowest BCUT2D eigenvalue weighted by Crippen LogP contribution is -1.98. The van der Waals surface area contributed by atoms with E-state index in [2.05, 4.69) is 6.92 Å². The number of hydrogen-bond acceptors (Lipinski definition) is 2. The van der Waals surface area contributed by atoms with Crippen LogP contribution >= 0.6 is 0 Å². The SMILES string of the molecule is CCCCC(=CS(=O)(=O)c1ccccc1)CC. The van der Waals surface area contributed by atoms with Crippen molar-refractivity contribution < 1.29 is 8.42 Å². The Bertz CT molecular complexity index is 458. The first kappa shape index (κ1) is 14.0. The zero-order valence-electron chi connectivity index (χ0n) is 10.5. The van der Waals surface area contributed by atoms with Crippen molar-refractivity contribution >= 4 is 9.84 Å². The van der Waals surface area contributed by atoms with Gasteiger partial charge in [0.05, 0.1) is 4.90 Å². The fourth-order valence-corrected chi connectivity index (χ4v) is 3.02. The fourth-order valence-electron chi connectivity index (χ4n) is 1.62. The molecule has 0 aliphatic heterocycles. The van der Waals surface area contributed by atoms with Crippen molar-refractivity contribution in [3.8, 4) is 0 Å². The van der Waals surface area contributed by atoms with Gasteiger partial charge >= 0.3 is 0 Å². The second-order valence-electron chi connectivity index (χ2n) is 4.09. The summed E-state index contributed by atoms with van der Waals surface area (Å²) in [4.78, 5) is 0.377. The van der Waals surface area contributed by atoms with Crippen molar-refractivity contribution in [2.45, 2.75) is 44.4 Å². The van der Waals surface area contributed by atoms with Crippen molar-refractivity contribution in [2.75, 3.05) is 0 Å². The van der Waals surface area contributed by atoms with Crippen LogP contribution in [-0.2, 0) is 9.84 Å². The first-order valence-electron chi connectivity index (χ1n) is 6.09. The monoisotopic (exact) mass is 252 g/mol. The first-order chi connectivity index (χ1) is 8.10. The molecule has 0 aliphatic rings. The van der Waals surface area contributed by atoms with Gasteiger partial charge in [-0.15, -0.1) is 0 Å². The fraction of sp³-hybridized carbons (Fsp3) is 0.429. The predicted octanol–water partition coefficient (Wildman–Crippen LogP) is 3.94. The summed E-state index contributed by atoms with van der Waals surface area (Å²) >= 11 is 0. The minimum Gasteiger partial charge on any atom is -0.219 e. The Morgan fingerprint density at radius 1 is 1.18 bits per heavy atom. The molecule has 0 radical (unpaired) electrons. The molecule has 0 fully saturated rings. The van der Waals surface area contributed by atoms with E-state index in [1.165, 1.54) is 5.41 Å². The Morgan fingerprint density at radius 2 is 1.82 bits per heavy atom. The standard InChI is InChI=1S/C14H20O2S/c1-3-5-9-13(4-2)12-17(15,16)14-10-7-6-8-11-14/h6-8,10-12H,3-5,9H2,1-2H3. The summed E-state index contributed by atoms with van der Waals surface area (Å²) in [6, 6.07) is 8.59. The molecule has 0 unspecified atom stereocenters. The molecule has 0 aliphatic carbocycles. The lowest BCUT2D eigenvalue weighted by Gasteiger charge is -2.04. The van der Waals surface area contributed by atoms with Gasteiger partial charge in [-0.1, -0.05) is 44.0 Å². The van der Waals surface area contributed by atoms with Gasteiger partial charge in [-0.2, -0.15) is 0 Å². The lowest BCUT2D eigenvalue weighted by molar-refractivity contribution is 0.604. The molecule has 0 N–H and O–H groups in total. The van der Waals surface area contributed by atoms with Gasteiger partial charge in [0.15, 0.2) is 9.84 Å². The Morgan fingerprint density at radius 3 is 2.35 bits per heavy atom. The Balaban J connectivity index is 2.94. The highest BCUT2D eigenvalue weighted by molar-refractivity contribution is 7.94. The van der Waals surface area contributed by atoms with Crippen molar-refractivity contribution in [3.63, 3.8) is 0 Å². The molecule has 3 heteroatoms. The third-order valence-corrected chi connectivity index (χ3v) is 4.27. The average molecular weight is 252 g/mol. The number of allylic oxidation sites excluding steroid dienone is 1. The van der Waals surface area contributed by atoms with Crippen molar-refractivity contribution in [1.29, 1.82) is 0 Å². The third kappa shape index (κ3) is 4.35. The first-order valence-corrected chi connectivity index (χ1v) is 7.64. The van der Waals surface area contributed by atoms with E-state index in [-0.39, 0.29) is 0 Å². The molecule has 2 nitrogen and oxygen atoms in total. The zero-order chi connectivity index (χ0) is 12.7. The molecule has 94 valence electrons. The highest BCUT2D eigenvalue weighted by Gasteiger charge is 2.11. The molecule has 0 saturated heterocycles. The number of unbranched alkanes of at least 4 members (excludes halogenated alkanes) is 1. The molecule has 0 spiro atoms. The highest BCUT2D eigenvalue weighted by Crippen LogP contribution is 2.18. The molecule has 0 bridgehead atoms.